The Bertz CT molecular complexity index is 801. The normalized spacial score (nSPS) is 12.2. The number of aliphatic hydroxyl groups excluding tert-OH is 1. The molecule has 0 saturated carbocycles. The fourth-order valence-corrected chi connectivity index (χ4v) is 2.32. The van der Waals surface area contributed by atoms with Crippen LogP contribution in [-0.2, 0) is 0 Å². The third-order valence-corrected chi connectivity index (χ3v) is 3.58. The fraction of sp³-hybridized carbons (Fsp3) is 0.300. The molecule has 0 fully saturated rings. The lowest BCUT2D eigenvalue weighted by Gasteiger charge is -2.20. The maximum atomic E-state index is 12.9. The molecule has 3 amide bonds. The minimum absolute atomic E-state index is 0.0400. The first-order chi connectivity index (χ1) is 12.6. The SMILES string of the molecule is CC(C)(C)NC(=O)c1cccc(NC(=O)NCC(O)c2ccc(F)cc2)c1. The number of rotatable bonds is 5. The summed E-state index contributed by atoms with van der Waals surface area (Å²) < 4.78 is 12.9. The predicted molar refractivity (Wildman–Crippen MR) is 102 cm³/mol. The molecule has 0 aliphatic heterocycles. The van der Waals surface area contributed by atoms with Gasteiger partial charge in [-0.15, -0.1) is 0 Å². The van der Waals surface area contributed by atoms with E-state index in [0.29, 0.717) is 16.8 Å². The number of aliphatic hydroxyl groups is 1. The summed E-state index contributed by atoms with van der Waals surface area (Å²) in [5, 5.41) is 18.0. The second-order valence-corrected chi connectivity index (χ2v) is 7.19. The van der Waals surface area contributed by atoms with E-state index in [1.807, 2.05) is 20.8 Å². The molecule has 0 spiro atoms. The van der Waals surface area contributed by atoms with Gasteiger partial charge in [0.1, 0.15) is 5.82 Å². The number of anilines is 1. The Morgan fingerprint density at radius 1 is 1.11 bits per heavy atom. The van der Waals surface area contributed by atoms with Gasteiger partial charge in [0.2, 0.25) is 0 Å². The highest BCUT2D eigenvalue weighted by atomic mass is 19.1. The van der Waals surface area contributed by atoms with Crippen molar-refractivity contribution < 1.29 is 19.1 Å². The van der Waals surface area contributed by atoms with Crippen molar-refractivity contribution in [1.82, 2.24) is 10.6 Å². The lowest BCUT2D eigenvalue weighted by molar-refractivity contribution is 0.0919. The largest absolute Gasteiger partial charge is 0.387 e. The van der Waals surface area contributed by atoms with Crippen LogP contribution in [0.15, 0.2) is 48.5 Å². The van der Waals surface area contributed by atoms with Crippen LogP contribution in [0.2, 0.25) is 0 Å². The number of urea groups is 1. The molecule has 0 bridgehead atoms. The van der Waals surface area contributed by atoms with E-state index >= 15 is 0 Å². The average Bonchev–Trinajstić information content (AvgIpc) is 2.59. The van der Waals surface area contributed by atoms with Crippen LogP contribution in [-0.4, -0.2) is 29.1 Å². The van der Waals surface area contributed by atoms with Crippen molar-refractivity contribution >= 4 is 17.6 Å². The molecule has 1 unspecified atom stereocenters. The van der Waals surface area contributed by atoms with Gasteiger partial charge in [-0.3, -0.25) is 4.79 Å². The zero-order valence-corrected chi connectivity index (χ0v) is 15.5. The van der Waals surface area contributed by atoms with Gasteiger partial charge in [-0.2, -0.15) is 0 Å². The zero-order chi connectivity index (χ0) is 20.0. The molecule has 2 aromatic rings. The van der Waals surface area contributed by atoms with Gasteiger partial charge in [-0.1, -0.05) is 18.2 Å². The quantitative estimate of drug-likeness (QED) is 0.649. The maximum Gasteiger partial charge on any atom is 0.319 e. The average molecular weight is 373 g/mol. The summed E-state index contributed by atoms with van der Waals surface area (Å²) in [5.41, 5.74) is 1.01. The number of hydrogen-bond donors (Lipinski definition) is 4. The van der Waals surface area contributed by atoms with Crippen LogP contribution in [0.3, 0.4) is 0 Å². The van der Waals surface area contributed by atoms with Crippen molar-refractivity contribution in [3.63, 3.8) is 0 Å². The Hall–Kier alpha value is -2.93. The van der Waals surface area contributed by atoms with Crippen molar-refractivity contribution in [2.45, 2.75) is 32.4 Å². The summed E-state index contributed by atoms with van der Waals surface area (Å²) in [6.07, 6.45) is -0.958. The molecule has 0 saturated heterocycles. The van der Waals surface area contributed by atoms with E-state index in [1.165, 1.54) is 24.3 Å². The van der Waals surface area contributed by atoms with Gasteiger partial charge in [0.25, 0.3) is 5.91 Å². The number of benzene rings is 2. The van der Waals surface area contributed by atoms with E-state index in [-0.39, 0.29) is 18.0 Å². The van der Waals surface area contributed by atoms with Crippen LogP contribution in [0.25, 0.3) is 0 Å². The third kappa shape index (κ3) is 6.71. The van der Waals surface area contributed by atoms with E-state index in [1.54, 1.807) is 24.3 Å². The Labute approximate surface area is 157 Å². The highest BCUT2D eigenvalue weighted by Crippen LogP contribution is 2.14. The van der Waals surface area contributed by atoms with E-state index in [2.05, 4.69) is 16.0 Å². The Kier molecular flexibility index (Phi) is 6.52. The minimum atomic E-state index is -0.958. The molecular weight excluding hydrogens is 349 g/mol. The lowest BCUT2D eigenvalue weighted by Crippen LogP contribution is -2.40. The molecule has 6 nitrogen and oxygen atoms in total. The second kappa shape index (κ2) is 8.64. The van der Waals surface area contributed by atoms with Gasteiger partial charge in [0.05, 0.1) is 6.10 Å². The molecule has 4 N–H and O–H groups in total. The summed E-state index contributed by atoms with van der Waals surface area (Å²) in [7, 11) is 0. The first kappa shape index (κ1) is 20.4. The predicted octanol–water partition coefficient (Wildman–Crippen LogP) is 3.21. The summed E-state index contributed by atoms with van der Waals surface area (Å²) in [4.78, 5) is 24.2. The molecule has 1 atom stereocenters. The van der Waals surface area contributed by atoms with Gasteiger partial charge < -0.3 is 21.1 Å². The van der Waals surface area contributed by atoms with Crippen molar-refractivity contribution in [2.75, 3.05) is 11.9 Å². The Balaban J connectivity index is 1.91. The molecule has 0 aliphatic carbocycles. The number of hydrogen-bond acceptors (Lipinski definition) is 3. The van der Waals surface area contributed by atoms with Crippen LogP contribution >= 0.6 is 0 Å². The molecule has 2 aromatic carbocycles. The van der Waals surface area contributed by atoms with Gasteiger partial charge in [-0.25, -0.2) is 9.18 Å². The molecule has 7 heteroatoms. The minimum Gasteiger partial charge on any atom is -0.387 e. The Morgan fingerprint density at radius 3 is 2.41 bits per heavy atom. The van der Waals surface area contributed by atoms with Gasteiger partial charge in [0, 0.05) is 23.3 Å². The number of carbonyl (C=O) groups is 2. The van der Waals surface area contributed by atoms with E-state index in [9.17, 15) is 19.1 Å². The highest BCUT2D eigenvalue weighted by Gasteiger charge is 2.16. The van der Waals surface area contributed by atoms with Crippen LogP contribution in [0.4, 0.5) is 14.9 Å². The topological polar surface area (TPSA) is 90.5 Å². The van der Waals surface area contributed by atoms with Crippen LogP contribution < -0.4 is 16.0 Å². The van der Waals surface area contributed by atoms with E-state index in [4.69, 9.17) is 0 Å². The molecule has 2 rings (SSSR count). The first-order valence-corrected chi connectivity index (χ1v) is 8.55. The van der Waals surface area contributed by atoms with Gasteiger partial charge in [-0.05, 0) is 56.7 Å². The molecule has 144 valence electrons. The summed E-state index contributed by atoms with van der Waals surface area (Å²) in [6.45, 7) is 5.61. The van der Waals surface area contributed by atoms with Crippen LogP contribution in [0.1, 0.15) is 42.8 Å². The van der Waals surface area contributed by atoms with E-state index in [0.717, 1.165) is 0 Å². The van der Waals surface area contributed by atoms with Crippen molar-refractivity contribution in [2.24, 2.45) is 0 Å². The number of nitrogens with one attached hydrogen (secondary N) is 3. The third-order valence-electron chi connectivity index (χ3n) is 3.58. The number of halogens is 1. The summed E-state index contributed by atoms with van der Waals surface area (Å²) in [6, 6.07) is 11.4. The van der Waals surface area contributed by atoms with Crippen molar-refractivity contribution in [3.8, 4) is 0 Å². The molecule has 0 radical (unpaired) electrons. The first-order valence-electron chi connectivity index (χ1n) is 8.55. The molecular formula is C20H24FN3O3. The van der Waals surface area contributed by atoms with Crippen molar-refractivity contribution in [1.29, 1.82) is 0 Å². The second-order valence-electron chi connectivity index (χ2n) is 7.19. The molecule has 27 heavy (non-hydrogen) atoms. The molecule has 0 aromatic heterocycles. The van der Waals surface area contributed by atoms with Crippen molar-refractivity contribution in [3.05, 3.63) is 65.5 Å². The highest BCUT2D eigenvalue weighted by molar-refractivity contribution is 5.97. The Morgan fingerprint density at radius 2 is 1.78 bits per heavy atom. The molecule has 0 heterocycles. The van der Waals surface area contributed by atoms with Gasteiger partial charge in [0.15, 0.2) is 0 Å². The lowest BCUT2D eigenvalue weighted by atomic mass is 10.1. The van der Waals surface area contributed by atoms with Gasteiger partial charge >= 0.3 is 6.03 Å². The van der Waals surface area contributed by atoms with Crippen LogP contribution in [0.5, 0.6) is 0 Å². The smallest absolute Gasteiger partial charge is 0.319 e. The summed E-state index contributed by atoms with van der Waals surface area (Å²) >= 11 is 0. The molecule has 0 aliphatic rings. The van der Waals surface area contributed by atoms with Crippen LogP contribution in [0, 0.1) is 5.82 Å². The zero-order valence-electron chi connectivity index (χ0n) is 15.5. The number of carbonyl (C=O) groups excluding carboxylic acids is 2. The standard InChI is InChI=1S/C20H24FN3O3/c1-20(2,3)24-18(26)14-5-4-6-16(11-14)23-19(27)22-12-17(25)13-7-9-15(21)10-8-13/h4-11,17,25H,12H2,1-3H3,(H,24,26)(H2,22,23,27). The summed E-state index contributed by atoms with van der Waals surface area (Å²) in [5.74, 6) is -0.634. The van der Waals surface area contributed by atoms with E-state index < -0.39 is 18.0 Å². The number of amides is 3. The monoisotopic (exact) mass is 373 g/mol. The maximum absolute atomic E-state index is 12.9. The fourth-order valence-electron chi connectivity index (χ4n) is 2.32.